The molecule has 2 rings (SSSR count). The van der Waals surface area contributed by atoms with E-state index in [1.165, 1.54) is 4.90 Å². The van der Waals surface area contributed by atoms with E-state index in [9.17, 15) is 14.2 Å². The maximum Gasteiger partial charge on any atom is 0.345 e. The second-order valence-electron chi connectivity index (χ2n) is 4.25. The molecule has 102 valence electrons. The number of nitrogens with zero attached hydrogens (tertiary/aromatic N) is 2. The Hall–Kier alpha value is -1.69. The first-order chi connectivity index (χ1) is 8.87. The van der Waals surface area contributed by atoms with Crippen molar-refractivity contribution in [1.82, 2.24) is 9.80 Å². The van der Waals surface area contributed by atoms with Crippen LogP contribution in [0.4, 0.5) is 4.79 Å². The van der Waals surface area contributed by atoms with Crippen molar-refractivity contribution in [2.75, 3.05) is 12.8 Å². The topological polar surface area (TPSA) is 98.2 Å². The number of carbonyl (C=O) groups excluding carboxylic acids is 2. The maximum absolute atomic E-state index is 11.9. The van der Waals surface area contributed by atoms with Crippen LogP contribution in [0.15, 0.2) is 30.3 Å². The first-order valence-corrected chi connectivity index (χ1v) is 7.34. The van der Waals surface area contributed by atoms with Crippen molar-refractivity contribution in [2.45, 2.75) is 6.54 Å². The predicted octanol–water partition coefficient (Wildman–Crippen LogP) is 0.586. The third kappa shape index (κ3) is 3.41. The van der Waals surface area contributed by atoms with Gasteiger partial charge in [0.05, 0.1) is 0 Å². The van der Waals surface area contributed by atoms with Crippen molar-refractivity contribution in [3.8, 4) is 0 Å². The summed E-state index contributed by atoms with van der Waals surface area (Å²) < 4.78 is 10.9. The normalized spacial score (nSPS) is 16.3. The Morgan fingerprint density at radius 1 is 1.16 bits per heavy atom. The van der Waals surface area contributed by atoms with Crippen molar-refractivity contribution in [2.24, 2.45) is 0 Å². The van der Waals surface area contributed by atoms with Gasteiger partial charge in [-0.15, -0.1) is 0 Å². The van der Waals surface area contributed by atoms with Crippen LogP contribution in [0.2, 0.25) is 0 Å². The Labute approximate surface area is 109 Å². The summed E-state index contributed by atoms with van der Waals surface area (Å²) in [6.45, 7) is 0.0802. The summed E-state index contributed by atoms with van der Waals surface area (Å²) in [5.41, 5.74) is 0.849. The van der Waals surface area contributed by atoms with Crippen LogP contribution in [0.25, 0.3) is 0 Å². The smallest absolute Gasteiger partial charge is 0.323 e. The average molecular weight is 284 g/mol. The molecule has 1 aliphatic heterocycles. The molecule has 1 heterocycles. The average Bonchev–Trinajstić information content (AvgIpc) is 2.57. The summed E-state index contributed by atoms with van der Waals surface area (Å²) >= 11 is 0. The molecule has 1 saturated heterocycles. The van der Waals surface area contributed by atoms with Crippen LogP contribution < -0.4 is 0 Å². The van der Waals surface area contributed by atoms with Crippen molar-refractivity contribution in [1.29, 1.82) is 0 Å². The van der Waals surface area contributed by atoms with Crippen LogP contribution in [0.1, 0.15) is 5.56 Å². The highest BCUT2D eigenvalue weighted by atomic mass is 31.2. The molecule has 0 bridgehead atoms. The molecular formula is C11H13N2O5P. The number of hydrogen-bond acceptors (Lipinski definition) is 3. The monoisotopic (exact) mass is 284 g/mol. The van der Waals surface area contributed by atoms with Gasteiger partial charge in [0.1, 0.15) is 12.8 Å². The van der Waals surface area contributed by atoms with Crippen LogP contribution in [0.5, 0.6) is 0 Å². The van der Waals surface area contributed by atoms with Gasteiger partial charge < -0.3 is 14.7 Å². The van der Waals surface area contributed by atoms with Crippen LogP contribution in [0.3, 0.4) is 0 Å². The van der Waals surface area contributed by atoms with E-state index in [1.54, 1.807) is 0 Å². The Kier molecular flexibility index (Phi) is 3.71. The van der Waals surface area contributed by atoms with Crippen LogP contribution in [-0.2, 0) is 15.9 Å². The van der Waals surface area contributed by atoms with Crippen molar-refractivity contribution < 1.29 is 23.9 Å². The number of imide groups is 1. The molecule has 0 unspecified atom stereocenters. The molecule has 1 aromatic carbocycles. The Balaban J connectivity index is 2.08. The number of hydrogen-bond donors (Lipinski definition) is 2. The summed E-state index contributed by atoms with van der Waals surface area (Å²) in [4.78, 5) is 43.0. The Morgan fingerprint density at radius 2 is 1.79 bits per heavy atom. The predicted molar refractivity (Wildman–Crippen MR) is 66.0 cm³/mol. The largest absolute Gasteiger partial charge is 0.345 e. The summed E-state index contributed by atoms with van der Waals surface area (Å²) in [5.74, 6) is -0.593. The molecule has 2 N–H and O–H groups in total. The van der Waals surface area contributed by atoms with Crippen molar-refractivity contribution in [3.05, 3.63) is 35.9 Å². The number of carbonyl (C=O) groups is 2. The van der Waals surface area contributed by atoms with Crippen LogP contribution in [-0.4, -0.2) is 44.4 Å². The van der Waals surface area contributed by atoms with Gasteiger partial charge in [-0.1, -0.05) is 30.3 Å². The summed E-state index contributed by atoms with van der Waals surface area (Å²) in [6, 6.07) is 8.40. The molecule has 0 spiro atoms. The summed E-state index contributed by atoms with van der Waals surface area (Å²) in [6.07, 6.45) is -0.865. The third-order valence-electron chi connectivity index (χ3n) is 2.67. The van der Waals surface area contributed by atoms with Crippen molar-refractivity contribution >= 4 is 19.5 Å². The molecule has 8 heteroatoms. The standard InChI is InChI=1S/C11H13N2O5P/c14-10-7-12(6-9-4-2-1-3-5-9)11(15)13(10)8-19(16,17)18/h1-5H,6-8H2,(H2,16,17,18). The van der Waals surface area contributed by atoms with Gasteiger partial charge in [0, 0.05) is 6.54 Å². The third-order valence-corrected chi connectivity index (χ3v) is 3.32. The van der Waals surface area contributed by atoms with Gasteiger partial charge in [0.15, 0.2) is 0 Å². The highest BCUT2D eigenvalue weighted by Crippen LogP contribution is 2.36. The highest BCUT2D eigenvalue weighted by Gasteiger charge is 2.39. The molecular weight excluding hydrogens is 271 g/mol. The van der Waals surface area contributed by atoms with Gasteiger partial charge in [0.25, 0.3) is 5.91 Å². The van der Waals surface area contributed by atoms with E-state index >= 15 is 0 Å². The number of rotatable bonds is 4. The lowest BCUT2D eigenvalue weighted by atomic mass is 10.2. The van der Waals surface area contributed by atoms with E-state index in [2.05, 4.69) is 0 Å². The van der Waals surface area contributed by atoms with Crippen molar-refractivity contribution in [3.63, 3.8) is 0 Å². The van der Waals surface area contributed by atoms with E-state index in [0.717, 1.165) is 5.56 Å². The summed E-state index contributed by atoms with van der Waals surface area (Å²) in [7, 11) is -4.44. The van der Waals surface area contributed by atoms with Gasteiger partial charge in [0.2, 0.25) is 0 Å². The maximum atomic E-state index is 11.9. The summed E-state index contributed by atoms with van der Waals surface area (Å²) in [5, 5.41) is 0. The molecule has 7 nitrogen and oxygen atoms in total. The molecule has 1 aliphatic rings. The van der Waals surface area contributed by atoms with E-state index < -0.39 is 25.8 Å². The van der Waals surface area contributed by atoms with Gasteiger partial charge in [-0.25, -0.2) is 4.79 Å². The quantitative estimate of drug-likeness (QED) is 0.622. The molecule has 1 fully saturated rings. The fourth-order valence-corrected chi connectivity index (χ4v) is 2.49. The molecule has 0 radical (unpaired) electrons. The van der Waals surface area contributed by atoms with Gasteiger partial charge >= 0.3 is 13.6 Å². The zero-order valence-electron chi connectivity index (χ0n) is 9.97. The first kappa shape index (κ1) is 13.7. The number of amides is 3. The van der Waals surface area contributed by atoms with Gasteiger partial charge in [-0.2, -0.15) is 0 Å². The molecule has 19 heavy (non-hydrogen) atoms. The minimum atomic E-state index is -4.44. The Bertz CT molecular complexity index is 541. The lowest BCUT2D eigenvalue weighted by Crippen LogP contribution is -2.33. The SMILES string of the molecule is O=C1CN(Cc2ccccc2)C(=O)N1CP(=O)(O)O. The molecule has 0 aromatic heterocycles. The second kappa shape index (κ2) is 5.13. The Morgan fingerprint density at radius 3 is 2.37 bits per heavy atom. The van der Waals surface area contributed by atoms with E-state index in [-0.39, 0.29) is 13.1 Å². The van der Waals surface area contributed by atoms with E-state index in [0.29, 0.717) is 4.90 Å². The van der Waals surface area contributed by atoms with Gasteiger partial charge in [-0.05, 0) is 5.56 Å². The van der Waals surface area contributed by atoms with Gasteiger partial charge in [-0.3, -0.25) is 14.3 Å². The fourth-order valence-electron chi connectivity index (χ4n) is 1.84. The minimum Gasteiger partial charge on any atom is -0.323 e. The lowest BCUT2D eigenvalue weighted by molar-refractivity contribution is -0.124. The van der Waals surface area contributed by atoms with E-state index in [1.807, 2.05) is 30.3 Å². The zero-order chi connectivity index (χ0) is 14.0. The molecule has 0 aliphatic carbocycles. The molecule has 0 atom stereocenters. The fraction of sp³-hybridized carbons (Fsp3) is 0.273. The lowest BCUT2D eigenvalue weighted by Gasteiger charge is -2.17. The van der Waals surface area contributed by atoms with Crippen LogP contribution in [0, 0.1) is 0 Å². The zero-order valence-corrected chi connectivity index (χ0v) is 10.9. The van der Waals surface area contributed by atoms with E-state index in [4.69, 9.17) is 9.79 Å². The number of benzene rings is 1. The molecule has 0 saturated carbocycles. The first-order valence-electron chi connectivity index (χ1n) is 5.54. The second-order valence-corrected chi connectivity index (χ2v) is 5.86. The number of urea groups is 1. The highest BCUT2D eigenvalue weighted by molar-refractivity contribution is 7.51. The molecule has 3 amide bonds. The van der Waals surface area contributed by atoms with Crippen LogP contribution >= 0.6 is 7.60 Å². The molecule has 1 aromatic rings. The minimum absolute atomic E-state index is 0.159.